The number of rotatable bonds is 4. The summed E-state index contributed by atoms with van der Waals surface area (Å²) in [5, 5.41) is 5.10. The number of amides is 1. The highest BCUT2D eigenvalue weighted by molar-refractivity contribution is 7.13. The SMILES string of the molecule is NC1(C(=O)NCc2csc(-c3ccc(C(F)(F)F)cc3)n2)CC1. The molecule has 4 nitrogen and oxygen atoms in total. The van der Waals surface area contributed by atoms with Gasteiger partial charge < -0.3 is 11.1 Å². The van der Waals surface area contributed by atoms with Crippen LogP contribution in [0.15, 0.2) is 29.6 Å². The van der Waals surface area contributed by atoms with Crippen molar-refractivity contribution in [3.63, 3.8) is 0 Å². The summed E-state index contributed by atoms with van der Waals surface area (Å²) in [6.45, 7) is 0.259. The maximum Gasteiger partial charge on any atom is 0.416 e. The van der Waals surface area contributed by atoms with Crippen LogP contribution in [0.4, 0.5) is 13.2 Å². The molecule has 0 saturated heterocycles. The molecule has 1 aliphatic rings. The van der Waals surface area contributed by atoms with Crippen molar-refractivity contribution in [1.82, 2.24) is 10.3 Å². The lowest BCUT2D eigenvalue weighted by atomic mass is 10.1. The van der Waals surface area contributed by atoms with Gasteiger partial charge in [-0.05, 0) is 25.0 Å². The Bertz CT molecular complexity index is 720. The first-order chi connectivity index (χ1) is 10.8. The number of aromatic nitrogens is 1. The van der Waals surface area contributed by atoms with E-state index in [0.717, 1.165) is 12.1 Å². The van der Waals surface area contributed by atoms with Crippen LogP contribution in [0.5, 0.6) is 0 Å². The number of nitrogens with zero attached hydrogens (tertiary/aromatic N) is 1. The largest absolute Gasteiger partial charge is 0.416 e. The molecule has 0 radical (unpaired) electrons. The Labute approximate surface area is 134 Å². The van der Waals surface area contributed by atoms with Crippen molar-refractivity contribution in [1.29, 1.82) is 0 Å². The Balaban J connectivity index is 1.66. The minimum Gasteiger partial charge on any atom is -0.349 e. The molecular weight excluding hydrogens is 327 g/mol. The zero-order valence-corrected chi connectivity index (χ0v) is 12.8. The van der Waals surface area contributed by atoms with E-state index in [1.54, 1.807) is 5.38 Å². The molecule has 8 heteroatoms. The molecule has 0 atom stereocenters. The van der Waals surface area contributed by atoms with E-state index in [4.69, 9.17) is 5.73 Å². The van der Waals surface area contributed by atoms with Crippen molar-refractivity contribution in [3.05, 3.63) is 40.9 Å². The number of carbonyl (C=O) groups excluding carboxylic acids is 1. The zero-order chi connectivity index (χ0) is 16.7. The lowest BCUT2D eigenvalue weighted by Crippen LogP contribution is -2.42. The number of nitrogens with two attached hydrogens (primary N) is 1. The molecule has 1 aliphatic carbocycles. The molecule has 0 spiro atoms. The van der Waals surface area contributed by atoms with Gasteiger partial charge >= 0.3 is 6.18 Å². The first-order valence-electron chi connectivity index (χ1n) is 6.97. The van der Waals surface area contributed by atoms with Crippen molar-refractivity contribution in [2.24, 2.45) is 5.73 Å². The number of benzene rings is 1. The zero-order valence-electron chi connectivity index (χ0n) is 12.0. The topological polar surface area (TPSA) is 68.0 Å². The molecule has 1 fully saturated rings. The van der Waals surface area contributed by atoms with E-state index in [1.165, 1.54) is 23.5 Å². The van der Waals surface area contributed by atoms with Gasteiger partial charge in [-0.3, -0.25) is 4.79 Å². The molecule has 3 N–H and O–H groups in total. The summed E-state index contributed by atoms with van der Waals surface area (Å²) in [5.74, 6) is -0.193. The number of carbonyl (C=O) groups is 1. The Morgan fingerprint density at radius 3 is 2.52 bits per heavy atom. The third-order valence-electron chi connectivity index (χ3n) is 3.68. The molecule has 0 aliphatic heterocycles. The predicted molar refractivity (Wildman–Crippen MR) is 80.6 cm³/mol. The van der Waals surface area contributed by atoms with Crippen LogP contribution in [-0.2, 0) is 17.5 Å². The summed E-state index contributed by atoms with van der Waals surface area (Å²) in [5.41, 5.74) is 5.62. The summed E-state index contributed by atoms with van der Waals surface area (Å²) in [4.78, 5) is 16.1. The molecule has 0 unspecified atom stereocenters. The number of hydrogen-bond donors (Lipinski definition) is 2. The number of alkyl halides is 3. The average Bonchev–Trinajstić information content (AvgIpc) is 3.09. The van der Waals surface area contributed by atoms with Gasteiger partial charge in [-0.15, -0.1) is 11.3 Å². The summed E-state index contributed by atoms with van der Waals surface area (Å²) in [6.07, 6.45) is -2.97. The maximum atomic E-state index is 12.5. The van der Waals surface area contributed by atoms with Gasteiger partial charge in [0.2, 0.25) is 5.91 Å². The smallest absolute Gasteiger partial charge is 0.349 e. The lowest BCUT2D eigenvalue weighted by Gasteiger charge is -2.08. The molecular formula is C15H14F3N3OS. The average molecular weight is 341 g/mol. The fourth-order valence-corrected chi connectivity index (χ4v) is 2.86. The van der Waals surface area contributed by atoms with Crippen LogP contribution >= 0.6 is 11.3 Å². The summed E-state index contributed by atoms with van der Waals surface area (Å²) >= 11 is 1.32. The molecule has 1 aromatic carbocycles. The van der Waals surface area contributed by atoms with E-state index in [-0.39, 0.29) is 12.5 Å². The molecule has 2 aromatic rings. The normalized spacial score (nSPS) is 16.2. The molecule has 1 aromatic heterocycles. The van der Waals surface area contributed by atoms with E-state index < -0.39 is 17.3 Å². The third-order valence-corrected chi connectivity index (χ3v) is 4.62. The second-order valence-electron chi connectivity index (χ2n) is 5.56. The first-order valence-corrected chi connectivity index (χ1v) is 7.85. The van der Waals surface area contributed by atoms with E-state index in [9.17, 15) is 18.0 Å². The molecule has 0 bridgehead atoms. The molecule has 3 rings (SSSR count). The maximum absolute atomic E-state index is 12.5. The van der Waals surface area contributed by atoms with Crippen LogP contribution in [-0.4, -0.2) is 16.4 Å². The van der Waals surface area contributed by atoms with Crippen molar-refractivity contribution < 1.29 is 18.0 Å². The molecule has 23 heavy (non-hydrogen) atoms. The summed E-state index contributed by atoms with van der Waals surface area (Å²) in [7, 11) is 0. The number of nitrogens with one attached hydrogen (secondary N) is 1. The van der Waals surface area contributed by atoms with Crippen molar-refractivity contribution in [3.8, 4) is 10.6 Å². The fraction of sp³-hybridized carbons (Fsp3) is 0.333. The van der Waals surface area contributed by atoms with Gasteiger partial charge in [-0.2, -0.15) is 13.2 Å². The number of halogens is 3. The van der Waals surface area contributed by atoms with Crippen LogP contribution in [0, 0.1) is 0 Å². The van der Waals surface area contributed by atoms with E-state index in [1.807, 2.05) is 0 Å². The van der Waals surface area contributed by atoms with Crippen LogP contribution in [0.25, 0.3) is 10.6 Å². The Morgan fingerprint density at radius 1 is 1.30 bits per heavy atom. The molecule has 1 amide bonds. The Hall–Kier alpha value is -1.93. The van der Waals surface area contributed by atoms with Gasteiger partial charge in [0.25, 0.3) is 0 Å². The minimum atomic E-state index is -4.35. The minimum absolute atomic E-state index is 0.193. The van der Waals surface area contributed by atoms with Gasteiger partial charge in [0.05, 0.1) is 23.3 Å². The van der Waals surface area contributed by atoms with Gasteiger partial charge in [0.1, 0.15) is 5.01 Å². The summed E-state index contributed by atoms with van der Waals surface area (Å²) in [6, 6.07) is 4.85. The number of thiazole rings is 1. The molecule has 1 heterocycles. The van der Waals surface area contributed by atoms with Gasteiger partial charge in [0.15, 0.2) is 0 Å². The van der Waals surface area contributed by atoms with Crippen LogP contribution < -0.4 is 11.1 Å². The van der Waals surface area contributed by atoms with E-state index in [0.29, 0.717) is 29.1 Å². The molecule has 122 valence electrons. The highest BCUT2D eigenvalue weighted by Gasteiger charge is 2.45. The van der Waals surface area contributed by atoms with Gasteiger partial charge in [0, 0.05) is 10.9 Å². The third kappa shape index (κ3) is 3.53. The van der Waals surface area contributed by atoms with Crippen LogP contribution in [0.2, 0.25) is 0 Å². The highest BCUT2D eigenvalue weighted by Crippen LogP contribution is 2.33. The Kier molecular flexibility index (Phi) is 3.89. The number of hydrogen-bond acceptors (Lipinski definition) is 4. The summed E-state index contributed by atoms with van der Waals surface area (Å²) < 4.78 is 37.6. The van der Waals surface area contributed by atoms with Crippen molar-refractivity contribution in [2.75, 3.05) is 0 Å². The van der Waals surface area contributed by atoms with Crippen LogP contribution in [0.3, 0.4) is 0 Å². The van der Waals surface area contributed by atoms with Crippen LogP contribution in [0.1, 0.15) is 24.1 Å². The first kappa shape index (κ1) is 15.9. The van der Waals surface area contributed by atoms with Gasteiger partial charge in [-0.1, -0.05) is 12.1 Å². The second kappa shape index (κ2) is 5.61. The van der Waals surface area contributed by atoms with Gasteiger partial charge in [-0.25, -0.2) is 4.98 Å². The van der Waals surface area contributed by atoms with Crippen molar-refractivity contribution in [2.45, 2.75) is 31.1 Å². The molecule has 1 saturated carbocycles. The highest BCUT2D eigenvalue weighted by atomic mass is 32.1. The monoisotopic (exact) mass is 341 g/mol. The Morgan fingerprint density at radius 2 is 1.96 bits per heavy atom. The van der Waals surface area contributed by atoms with E-state index in [2.05, 4.69) is 10.3 Å². The fourth-order valence-electron chi connectivity index (χ4n) is 2.03. The standard InChI is InChI=1S/C15H14F3N3OS/c16-15(17,18)10-3-1-9(2-4-10)12-21-11(8-23-12)7-20-13(22)14(19)5-6-14/h1-4,8H,5-7,19H2,(H,20,22). The predicted octanol–water partition coefficient (Wildman–Crippen LogP) is 2.94. The van der Waals surface area contributed by atoms with E-state index >= 15 is 0 Å². The quantitative estimate of drug-likeness (QED) is 0.898. The van der Waals surface area contributed by atoms with Crippen molar-refractivity contribution >= 4 is 17.2 Å². The second-order valence-corrected chi connectivity index (χ2v) is 6.42. The lowest BCUT2D eigenvalue weighted by molar-refractivity contribution is -0.137.